The first-order valence-corrected chi connectivity index (χ1v) is 13.7. The Labute approximate surface area is 191 Å². The van der Waals surface area contributed by atoms with Crippen molar-refractivity contribution in [2.24, 2.45) is 0 Å². The summed E-state index contributed by atoms with van der Waals surface area (Å²) in [5, 5.41) is 3.78. The molecule has 0 aliphatic carbocycles. The van der Waals surface area contributed by atoms with Crippen LogP contribution in [0.15, 0.2) is 91.1 Å². The second-order valence-electron chi connectivity index (χ2n) is 7.23. The van der Waals surface area contributed by atoms with Gasteiger partial charge in [-0.3, -0.25) is 0 Å². The molecule has 0 radical (unpaired) electrons. The molecule has 4 rings (SSSR count). The largest absolute Gasteiger partial charge is 0.463 e. The summed E-state index contributed by atoms with van der Waals surface area (Å²) in [5.41, 5.74) is 2.01. The number of rotatable bonds is 6. The first-order chi connectivity index (χ1) is 15.0. The zero-order chi connectivity index (χ0) is 21.8. The van der Waals surface area contributed by atoms with Crippen LogP contribution in [0.1, 0.15) is 21.9 Å². The lowest BCUT2D eigenvalue weighted by atomic mass is 10.2. The molecule has 4 aromatic rings. The summed E-state index contributed by atoms with van der Waals surface area (Å²) in [6.45, 7) is 2.49. The van der Waals surface area contributed by atoms with E-state index in [9.17, 15) is 4.79 Å². The predicted molar refractivity (Wildman–Crippen MR) is 131 cm³/mol. The van der Waals surface area contributed by atoms with E-state index in [1.54, 1.807) is 6.20 Å². The van der Waals surface area contributed by atoms with E-state index in [1.807, 2.05) is 23.6 Å². The zero-order valence-corrected chi connectivity index (χ0v) is 19.9. The maximum atomic E-state index is 12.0. The standard InChI is InChI=1S/C25H23BrN2O2P/c1-19-17-27-24(25(29)30-2)28(19)18-20-13-15-23(16-14-20)31(26,21-9-5-3-6-10-21)22-11-7-4-8-12-22/h3-17H,18H2,1-2H3/q+1. The van der Waals surface area contributed by atoms with Crippen LogP contribution < -0.4 is 15.9 Å². The molecule has 6 heteroatoms. The molecule has 0 aliphatic rings. The van der Waals surface area contributed by atoms with Crippen molar-refractivity contribution in [2.75, 3.05) is 7.11 Å². The Balaban J connectivity index is 1.71. The molecule has 1 heterocycles. The normalized spacial score (nSPS) is 11.3. The van der Waals surface area contributed by atoms with Gasteiger partial charge in [0.15, 0.2) is 21.5 Å². The molecule has 0 atom stereocenters. The molecule has 0 fully saturated rings. The third-order valence-electron chi connectivity index (χ3n) is 5.28. The van der Waals surface area contributed by atoms with Crippen LogP contribution in [0.25, 0.3) is 0 Å². The monoisotopic (exact) mass is 493 g/mol. The molecule has 0 bridgehead atoms. The number of esters is 1. The maximum absolute atomic E-state index is 12.0. The summed E-state index contributed by atoms with van der Waals surface area (Å²) < 4.78 is 6.75. The second kappa shape index (κ2) is 9.17. The van der Waals surface area contributed by atoms with Crippen LogP contribution in [0, 0.1) is 6.92 Å². The average Bonchev–Trinajstić information content (AvgIpc) is 3.19. The number of hydrogen-bond acceptors (Lipinski definition) is 3. The van der Waals surface area contributed by atoms with Crippen molar-refractivity contribution in [2.45, 2.75) is 13.5 Å². The quantitative estimate of drug-likeness (QED) is 0.290. The first kappa shape index (κ1) is 21.5. The minimum absolute atomic E-state index is 0.319. The highest BCUT2D eigenvalue weighted by Gasteiger charge is 2.43. The van der Waals surface area contributed by atoms with Gasteiger partial charge in [-0.15, -0.1) is 0 Å². The molecule has 0 spiro atoms. The van der Waals surface area contributed by atoms with E-state index in [2.05, 4.69) is 93.3 Å². The second-order valence-corrected chi connectivity index (χ2v) is 13.1. The number of benzene rings is 3. The van der Waals surface area contributed by atoms with Crippen molar-refractivity contribution in [3.8, 4) is 0 Å². The van der Waals surface area contributed by atoms with E-state index >= 15 is 0 Å². The molecular weight excluding hydrogens is 471 g/mol. The maximum Gasteiger partial charge on any atom is 0.374 e. The average molecular weight is 494 g/mol. The van der Waals surface area contributed by atoms with Crippen LogP contribution in [-0.2, 0) is 11.3 Å². The fourth-order valence-electron chi connectivity index (χ4n) is 3.62. The van der Waals surface area contributed by atoms with Crippen LogP contribution in [0.4, 0.5) is 0 Å². The van der Waals surface area contributed by atoms with Gasteiger partial charge in [-0.1, -0.05) is 48.5 Å². The van der Waals surface area contributed by atoms with Gasteiger partial charge in [0.2, 0.25) is 5.82 Å². The molecule has 0 aliphatic heterocycles. The molecule has 156 valence electrons. The Hall–Kier alpha value is -2.75. The minimum Gasteiger partial charge on any atom is -0.463 e. The number of imidazole rings is 1. The summed E-state index contributed by atoms with van der Waals surface area (Å²) in [4.78, 5) is 16.2. The van der Waals surface area contributed by atoms with Crippen LogP contribution in [0.3, 0.4) is 0 Å². The van der Waals surface area contributed by atoms with Crippen molar-refractivity contribution in [1.82, 2.24) is 9.55 Å². The van der Waals surface area contributed by atoms with Gasteiger partial charge >= 0.3 is 5.97 Å². The van der Waals surface area contributed by atoms with Gasteiger partial charge < -0.3 is 9.30 Å². The van der Waals surface area contributed by atoms with E-state index in [4.69, 9.17) is 4.74 Å². The molecule has 0 saturated heterocycles. The van der Waals surface area contributed by atoms with Crippen molar-refractivity contribution < 1.29 is 9.53 Å². The Bertz CT molecular complexity index is 1140. The number of aryl methyl sites for hydroxylation is 1. The molecule has 31 heavy (non-hydrogen) atoms. The molecule has 0 N–H and O–H groups in total. The Morgan fingerprint density at radius 2 is 1.42 bits per heavy atom. The Morgan fingerprint density at radius 1 is 0.903 bits per heavy atom. The van der Waals surface area contributed by atoms with Gasteiger partial charge in [-0.25, -0.2) is 9.78 Å². The summed E-state index contributed by atoms with van der Waals surface area (Å²) >= 11 is 4.18. The van der Waals surface area contributed by atoms with Crippen LogP contribution in [0.2, 0.25) is 0 Å². The molecule has 0 amide bonds. The zero-order valence-electron chi connectivity index (χ0n) is 17.4. The lowest BCUT2D eigenvalue weighted by Gasteiger charge is -2.20. The Morgan fingerprint density at radius 3 is 1.94 bits per heavy atom. The number of hydrogen-bond donors (Lipinski definition) is 0. The number of nitrogens with zero attached hydrogens (tertiary/aromatic N) is 2. The lowest BCUT2D eigenvalue weighted by Crippen LogP contribution is -2.26. The number of ether oxygens (including phenoxy) is 1. The van der Waals surface area contributed by atoms with Crippen molar-refractivity contribution in [3.05, 3.63) is 108 Å². The van der Waals surface area contributed by atoms with E-state index < -0.39 is 11.9 Å². The van der Waals surface area contributed by atoms with Crippen molar-refractivity contribution in [3.63, 3.8) is 0 Å². The summed E-state index contributed by atoms with van der Waals surface area (Å²) in [7, 11) is 1.37. The smallest absolute Gasteiger partial charge is 0.374 e. The highest BCUT2D eigenvalue weighted by molar-refractivity contribution is 9.44. The summed E-state index contributed by atoms with van der Waals surface area (Å²) in [6.07, 6.45) is 1.69. The molecule has 4 nitrogen and oxygen atoms in total. The molecule has 0 unspecified atom stereocenters. The highest BCUT2D eigenvalue weighted by atomic mass is 79.9. The van der Waals surface area contributed by atoms with Crippen molar-refractivity contribution >= 4 is 43.3 Å². The molecule has 3 aromatic carbocycles. The van der Waals surface area contributed by atoms with Crippen LogP contribution >= 0.6 is 21.5 Å². The lowest BCUT2D eigenvalue weighted by molar-refractivity contribution is 0.0581. The number of methoxy groups -OCH3 is 1. The number of halogens is 1. The van der Waals surface area contributed by atoms with E-state index in [-0.39, 0.29) is 0 Å². The first-order valence-electron chi connectivity index (χ1n) is 9.94. The molecular formula is C25H23BrN2O2P+. The van der Waals surface area contributed by atoms with Crippen molar-refractivity contribution in [1.29, 1.82) is 0 Å². The third-order valence-corrected chi connectivity index (χ3v) is 12.0. The molecule has 1 aromatic heterocycles. The van der Waals surface area contributed by atoms with Gasteiger partial charge in [-0.2, -0.15) is 0 Å². The van der Waals surface area contributed by atoms with E-state index in [0.717, 1.165) is 11.3 Å². The van der Waals surface area contributed by atoms with Gasteiger partial charge in [-0.05, 0) is 48.9 Å². The number of aromatic nitrogens is 2. The summed E-state index contributed by atoms with van der Waals surface area (Å²) in [5.74, 6) is -2.05. The third kappa shape index (κ3) is 4.21. The van der Waals surface area contributed by atoms with Crippen LogP contribution in [0.5, 0.6) is 0 Å². The molecule has 0 saturated carbocycles. The highest BCUT2D eigenvalue weighted by Crippen LogP contribution is 2.62. The van der Waals surface area contributed by atoms with Crippen LogP contribution in [-0.4, -0.2) is 22.6 Å². The van der Waals surface area contributed by atoms with E-state index in [0.29, 0.717) is 12.4 Å². The fourth-order valence-corrected chi connectivity index (χ4v) is 8.37. The van der Waals surface area contributed by atoms with Gasteiger partial charge in [0.05, 0.1) is 7.11 Å². The topological polar surface area (TPSA) is 44.1 Å². The van der Waals surface area contributed by atoms with Gasteiger partial charge in [0, 0.05) is 18.4 Å². The SMILES string of the molecule is COC(=O)c1ncc(C)n1Cc1ccc([P+](Br)(c2ccccc2)c2ccccc2)cc1. The summed E-state index contributed by atoms with van der Waals surface area (Å²) in [6, 6.07) is 29.8. The number of carbonyl (C=O) groups is 1. The predicted octanol–water partition coefficient (Wildman–Crippen LogP) is 4.63. The van der Waals surface area contributed by atoms with Gasteiger partial charge in [0.25, 0.3) is 0 Å². The van der Waals surface area contributed by atoms with E-state index in [1.165, 1.54) is 23.0 Å². The Kier molecular flexibility index (Phi) is 6.35. The number of carbonyl (C=O) groups excluding carboxylic acids is 1. The van der Waals surface area contributed by atoms with Gasteiger partial charge in [0.1, 0.15) is 15.9 Å². The fraction of sp³-hybridized carbons (Fsp3) is 0.120. The minimum atomic E-state index is -1.94.